The number of hydrogen-bond donors (Lipinski definition) is 0. The van der Waals surface area contributed by atoms with Gasteiger partial charge in [0.15, 0.2) is 0 Å². The molecule has 0 N–H and O–H groups in total. The summed E-state index contributed by atoms with van der Waals surface area (Å²) < 4.78 is 22.6. The van der Waals surface area contributed by atoms with Crippen LogP contribution in [0.15, 0.2) is 107 Å². The van der Waals surface area contributed by atoms with Crippen LogP contribution in [-0.4, -0.2) is 50.7 Å². The molecule has 58 heavy (non-hydrogen) atoms. The lowest BCUT2D eigenvalue weighted by Gasteiger charge is -2.08. The molecule has 0 fully saturated rings. The van der Waals surface area contributed by atoms with Crippen LogP contribution < -0.4 is 18.9 Å². The molecule has 0 aliphatic rings. The van der Waals surface area contributed by atoms with Crippen LogP contribution in [0, 0.1) is 0 Å². The third-order valence-electron chi connectivity index (χ3n) is 9.70. The van der Waals surface area contributed by atoms with E-state index >= 15 is 0 Å². The van der Waals surface area contributed by atoms with Gasteiger partial charge in [0.1, 0.15) is 23.0 Å². The van der Waals surface area contributed by atoms with Crippen molar-refractivity contribution in [2.75, 3.05) is 26.3 Å². The molecule has 8 heteroatoms. The van der Waals surface area contributed by atoms with Crippen LogP contribution in [0.2, 0.25) is 0 Å². The Morgan fingerprint density at radius 2 is 0.741 bits per heavy atom. The summed E-state index contributed by atoms with van der Waals surface area (Å²) in [4.78, 5) is 34.3. The Labute approximate surface area is 347 Å². The van der Waals surface area contributed by atoms with E-state index in [0.717, 1.165) is 61.4 Å². The van der Waals surface area contributed by atoms with Crippen LogP contribution in [0.25, 0.3) is 0 Å². The molecule has 0 unspecified atom stereocenters. The van der Waals surface area contributed by atoms with Crippen LogP contribution in [0.4, 0.5) is 0 Å². The summed E-state index contributed by atoms with van der Waals surface area (Å²) in [6, 6.07) is 29.1. The van der Waals surface area contributed by atoms with Gasteiger partial charge >= 0.3 is 11.9 Å². The van der Waals surface area contributed by atoms with E-state index < -0.39 is 0 Å². The zero-order chi connectivity index (χ0) is 40.9. The Morgan fingerprint density at radius 3 is 1.10 bits per heavy atom. The number of carbonyl (C=O) groups excluding carboxylic acids is 2. The van der Waals surface area contributed by atoms with Crippen molar-refractivity contribution in [2.45, 2.75) is 117 Å². The minimum atomic E-state index is -0.389. The molecule has 0 bridgehead atoms. The highest BCUT2D eigenvalue weighted by molar-refractivity contribution is 5.92. The summed E-state index contributed by atoms with van der Waals surface area (Å²) in [6.07, 6.45) is 22.5. The van der Waals surface area contributed by atoms with Crippen LogP contribution in [0.5, 0.6) is 23.0 Å². The lowest BCUT2D eigenvalue weighted by Crippen LogP contribution is -2.08. The minimum absolute atomic E-state index is 0.389. The maximum absolute atomic E-state index is 12.6. The van der Waals surface area contributed by atoms with Crippen LogP contribution >= 0.6 is 0 Å². The predicted molar refractivity (Wildman–Crippen MR) is 237 cm³/mol. The molecule has 0 saturated heterocycles. The van der Waals surface area contributed by atoms with E-state index in [9.17, 15) is 9.59 Å². The van der Waals surface area contributed by atoms with Crippen LogP contribution in [0.1, 0.15) is 148 Å². The molecular weight excluding hydrogens is 725 g/mol. The lowest BCUT2D eigenvalue weighted by atomic mass is 10.1. The predicted octanol–water partition coefficient (Wildman–Crippen LogP) is 12.7. The summed E-state index contributed by atoms with van der Waals surface area (Å²) in [5.74, 6) is 1.77. The van der Waals surface area contributed by atoms with Gasteiger partial charge in [-0.2, -0.15) is 0 Å². The fourth-order valence-corrected chi connectivity index (χ4v) is 6.19. The molecule has 0 saturated carbocycles. The van der Waals surface area contributed by atoms with Crippen LogP contribution in [0.3, 0.4) is 0 Å². The Balaban J connectivity index is 0.974. The van der Waals surface area contributed by atoms with Gasteiger partial charge in [0.05, 0.1) is 24.3 Å². The molecule has 0 aliphatic heterocycles. The molecular formula is C50H64N2O6. The summed E-state index contributed by atoms with van der Waals surface area (Å²) >= 11 is 0. The lowest BCUT2D eigenvalue weighted by molar-refractivity contribution is 0.0725. The molecule has 0 heterocycles. The SMILES string of the molecule is CCCCCCOc1ccc(C(=O)Oc2ccc(C=NCCCCCCCCCCN=Cc3ccc(OC(=O)c4ccc(OCCCCCC)cc4)cc3)cc2)cc1. The smallest absolute Gasteiger partial charge is 0.343 e. The van der Waals surface area contributed by atoms with Crippen molar-refractivity contribution < 1.29 is 28.5 Å². The molecule has 4 rings (SSSR count). The first kappa shape index (κ1) is 45.5. The number of rotatable bonds is 29. The Morgan fingerprint density at radius 1 is 0.414 bits per heavy atom. The maximum Gasteiger partial charge on any atom is 0.343 e. The van der Waals surface area contributed by atoms with Crippen LogP contribution in [-0.2, 0) is 0 Å². The largest absolute Gasteiger partial charge is 0.494 e. The van der Waals surface area contributed by atoms with Gasteiger partial charge in [0, 0.05) is 25.5 Å². The summed E-state index contributed by atoms with van der Waals surface area (Å²) in [7, 11) is 0. The van der Waals surface area contributed by atoms with Crippen molar-refractivity contribution in [3.63, 3.8) is 0 Å². The van der Waals surface area contributed by atoms with Crippen molar-refractivity contribution >= 4 is 24.4 Å². The number of carbonyl (C=O) groups is 2. The van der Waals surface area contributed by atoms with Gasteiger partial charge in [-0.3, -0.25) is 9.98 Å². The molecule has 4 aromatic rings. The van der Waals surface area contributed by atoms with Crippen molar-refractivity contribution in [1.29, 1.82) is 0 Å². The van der Waals surface area contributed by atoms with Gasteiger partial charge in [0.25, 0.3) is 0 Å². The second kappa shape index (κ2) is 28.2. The molecule has 4 aromatic carbocycles. The number of unbranched alkanes of at least 4 members (excludes halogenated alkanes) is 13. The number of hydrogen-bond acceptors (Lipinski definition) is 8. The highest BCUT2D eigenvalue weighted by Crippen LogP contribution is 2.19. The summed E-state index contributed by atoms with van der Waals surface area (Å²) in [5, 5.41) is 0. The highest BCUT2D eigenvalue weighted by Gasteiger charge is 2.10. The van der Waals surface area contributed by atoms with Gasteiger partial charge < -0.3 is 18.9 Å². The normalized spacial score (nSPS) is 11.3. The fraction of sp³-hybridized carbons (Fsp3) is 0.440. The second-order valence-corrected chi connectivity index (χ2v) is 14.7. The quantitative estimate of drug-likeness (QED) is 0.0235. The Kier molecular flexibility index (Phi) is 22.1. The van der Waals surface area contributed by atoms with E-state index in [2.05, 4.69) is 23.8 Å². The number of esters is 2. The number of benzene rings is 4. The first-order chi connectivity index (χ1) is 28.5. The van der Waals surface area contributed by atoms with Crippen molar-refractivity contribution in [1.82, 2.24) is 0 Å². The van der Waals surface area contributed by atoms with Gasteiger partial charge in [-0.15, -0.1) is 0 Å². The number of nitrogens with zero attached hydrogens (tertiary/aromatic N) is 2. The van der Waals surface area contributed by atoms with E-state index in [4.69, 9.17) is 18.9 Å². The van der Waals surface area contributed by atoms with Gasteiger partial charge in [-0.25, -0.2) is 9.59 Å². The third kappa shape index (κ3) is 18.8. The standard InChI is InChI=1S/C50H64N2O6/c1-3-5-7-17-37-55-45-31-23-43(24-32-45)49(53)57-47-27-19-41(20-28-47)39-51-35-15-13-11-9-10-12-14-16-36-52-40-42-21-29-48(30-22-42)58-50(54)44-25-33-46(34-26-44)56-38-18-8-6-4-2/h19-34,39-40H,3-18,35-38H2,1-2H3. The third-order valence-corrected chi connectivity index (χ3v) is 9.70. The molecule has 310 valence electrons. The number of ether oxygens (including phenoxy) is 4. The molecule has 0 atom stereocenters. The summed E-state index contributed by atoms with van der Waals surface area (Å²) in [5.41, 5.74) is 2.95. The van der Waals surface area contributed by atoms with Gasteiger partial charge in [0.2, 0.25) is 0 Å². The average Bonchev–Trinajstić information content (AvgIpc) is 3.25. The fourth-order valence-electron chi connectivity index (χ4n) is 6.19. The zero-order valence-electron chi connectivity index (χ0n) is 34.9. The molecule has 0 spiro atoms. The van der Waals surface area contributed by atoms with Crippen molar-refractivity contribution in [3.05, 3.63) is 119 Å². The van der Waals surface area contributed by atoms with Crippen molar-refractivity contribution in [2.24, 2.45) is 9.98 Å². The average molecular weight is 789 g/mol. The van der Waals surface area contributed by atoms with Gasteiger partial charge in [-0.05, 0) is 134 Å². The molecule has 0 amide bonds. The maximum atomic E-state index is 12.6. The summed E-state index contributed by atoms with van der Waals surface area (Å²) in [6.45, 7) is 7.39. The van der Waals surface area contributed by atoms with E-state index in [0.29, 0.717) is 35.8 Å². The first-order valence-electron chi connectivity index (χ1n) is 21.6. The van der Waals surface area contributed by atoms with Crippen molar-refractivity contribution in [3.8, 4) is 23.0 Å². The van der Waals surface area contributed by atoms with Gasteiger partial charge in [-0.1, -0.05) is 90.9 Å². The van der Waals surface area contributed by atoms with E-state index in [1.54, 1.807) is 48.5 Å². The number of aliphatic imine (C=N–C) groups is 2. The first-order valence-corrected chi connectivity index (χ1v) is 21.6. The zero-order valence-corrected chi connectivity index (χ0v) is 34.9. The molecule has 0 aromatic heterocycles. The monoisotopic (exact) mass is 788 g/mol. The Hall–Kier alpha value is -5.24. The molecule has 0 aliphatic carbocycles. The molecule has 0 radical (unpaired) electrons. The minimum Gasteiger partial charge on any atom is -0.494 e. The van der Waals surface area contributed by atoms with E-state index in [-0.39, 0.29) is 11.9 Å². The topological polar surface area (TPSA) is 95.8 Å². The highest BCUT2D eigenvalue weighted by atomic mass is 16.5. The molecule has 8 nitrogen and oxygen atoms in total. The van der Waals surface area contributed by atoms with E-state index in [1.807, 2.05) is 61.0 Å². The Bertz CT molecular complexity index is 1630. The second-order valence-electron chi connectivity index (χ2n) is 14.7. The van der Waals surface area contributed by atoms with E-state index in [1.165, 1.54) is 77.0 Å².